The fourth-order valence-corrected chi connectivity index (χ4v) is 3.32. The number of hydrogen-bond acceptors (Lipinski definition) is 4. The molecule has 26 heavy (non-hydrogen) atoms. The Balaban J connectivity index is 1.53. The zero-order valence-electron chi connectivity index (χ0n) is 14.2. The Labute approximate surface area is 148 Å². The molecule has 5 nitrogen and oxygen atoms in total. The van der Waals surface area contributed by atoms with Gasteiger partial charge in [-0.05, 0) is 30.4 Å². The Kier molecular flexibility index (Phi) is 4.30. The highest BCUT2D eigenvalue weighted by Gasteiger charge is 2.32. The van der Waals surface area contributed by atoms with Crippen molar-refractivity contribution in [1.82, 2.24) is 19.4 Å². The van der Waals surface area contributed by atoms with E-state index in [4.69, 9.17) is 0 Å². The molecule has 2 aromatic rings. The predicted molar refractivity (Wildman–Crippen MR) is 88.5 cm³/mol. The van der Waals surface area contributed by atoms with Crippen molar-refractivity contribution < 1.29 is 13.2 Å². The quantitative estimate of drug-likeness (QED) is 0.836. The Morgan fingerprint density at radius 2 is 2.00 bits per heavy atom. The van der Waals surface area contributed by atoms with E-state index < -0.39 is 11.9 Å². The van der Waals surface area contributed by atoms with Crippen LogP contribution in [-0.2, 0) is 25.7 Å². The topological polar surface area (TPSA) is 51.0 Å². The van der Waals surface area contributed by atoms with E-state index in [9.17, 15) is 18.0 Å². The van der Waals surface area contributed by atoms with Crippen molar-refractivity contribution in [2.75, 3.05) is 13.1 Å². The molecule has 0 amide bonds. The van der Waals surface area contributed by atoms with E-state index in [-0.39, 0.29) is 12.1 Å². The van der Waals surface area contributed by atoms with Crippen LogP contribution in [0.1, 0.15) is 35.4 Å². The minimum atomic E-state index is -4.46. The molecule has 2 aliphatic rings. The summed E-state index contributed by atoms with van der Waals surface area (Å²) >= 11 is 0. The average Bonchev–Trinajstić information content (AvgIpc) is 3.41. The van der Waals surface area contributed by atoms with E-state index in [0.29, 0.717) is 17.7 Å². The van der Waals surface area contributed by atoms with Crippen molar-refractivity contribution in [3.63, 3.8) is 0 Å². The molecule has 0 bridgehead atoms. The number of fused-ring (bicyclic) bond motifs is 1. The summed E-state index contributed by atoms with van der Waals surface area (Å²) in [6.07, 6.45) is 1.47. The monoisotopic (exact) mass is 364 g/mol. The number of hydrogen-bond donors (Lipinski definition) is 0. The van der Waals surface area contributed by atoms with Gasteiger partial charge in [-0.3, -0.25) is 19.2 Å². The van der Waals surface area contributed by atoms with Crippen LogP contribution in [0.2, 0.25) is 0 Å². The van der Waals surface area contributed by atoms with E-state index in [1.54, 1.807) is 0 Å². The highest BCUT2D eigenvalue weighted by Crippen LogP contribution is 2.31. The molecular formula is C18H19F3N4O. The first-order valence-corrected chi connectivity index (χ1v) is 8.72. The first-order valence-electron chi connectivity index (χ1n) is 8.72. The second-order valence-electron chi connectivity index (χ2n) is 7.08. The molecule has 8 heteroatoms. The lowest BCUT2D eigenvalue weighted by atomic mass is 10.1. The molecule has 0 radical (unpaired) electrons. The fourth-order valence-electron chi connectivity index (χ4n) is 3.32. The second-order valence-corrected chi connectivity index (χ2v) is 7.08. The molecule has 0 atom stereocenters. The zero-order valence-corrected chi connectivity index (χ0v) is 14.2. The molecule has 1 aliphatic carbocycles. The van der Waals surface area contributed by atoms with Gasteiger partial charge in [-0.1, -0.05) is 6.07 Å². The number of halogens is 3. The largest absolute Gasteiger partial charge is 0.433 e. The van der Waals surface area contributed by atoms with Crippen LogP contribution in [0.5, 0.6) is 0 Å². The van der Waals surface area contributed by atoms with Gasteiger partial charge in [0.25, 0.3) is 5.56 Å². The lowest BCUT2D eigenvalue weighted by molar-refractivity contribution is -0.141. The first-order chi connectivity index (χ1) is 12.4. The van der Waals surface area contributed by atoms with E-state index in [2.05, 4.69) is 14.9 Å². The van der Waals surface area contributed by atoms with Crippen LogP contribution in [0, 0.1) is 5.92 Å². The molecule has 1 aliphatic heterocycles. The summed E-state index contributed by atoms with van der Waals surface area (Å²) in [7, 11) is 0. The third kappa shape index (κ3) is 3.65. The van der Waals surface area contributed by atoms with Gasteiger partial charge in [0.2, 0.25) is 0 Å². The normalized spacial score (nSPS) is 18.0. The average molecular weight is 364 g/mol. The Morgan fingerprint density at radius 3 is 2.65 bits per heavy atom. The summed E-state index contributed by atoms with van der Waals surface area (Å²) in [5.41, 5.74) is 1.03. The van der Waals surface area contributed by atoms with E-state index >= 15 is 0 Å². The Morgan fingerprint density at radius 1 is 1.19 bits per heavy atom. The van der Waals surface area contributed by atoms with Gasteiger partial charge < -0.3 is 0 Å². The van der Waals surface area contributed by atoms with Gasteiger partial charge in [0, 0.05) is 32.3 Å². The molecular weight excluding hydrogens is 345 g/mol. The summed E-state index contributed by atoms with van der Waals surface area (Å²) in [4.78, 5) is 22.9. The lowest BCUT2D eigenvalue weighted by Crippen LogP contribution is -2.38. The van der Waals surface area contributed by atoms with Crippen LogP contribution in [0.15, 0.2) is 29.5 Å². The number of pyridine rings is 1. The van der Waals surface area contributed by atoms with Crippen molar-refractivity contribution >= 4 is 0 Å². The van der Waals surface area contributed by atoms with Crippen molar-refractivity contribution in [2.24, 2.45) is 5.92 Å². The lowest BCUT2D eigenvalue weighted by Gasteiger charge is -2.27. The summed E-state index contributed by atoms with van der Waals surface area (Å²) in [6, 6.07) is 2.28. The van der Waals surface area contributed by atoms with Crippen molar-refractivity contribution in [1.29, 1.82) is 0 Å². The molecule has 0 saturated heterocycles. The van der Waals surface area contributed by atoms with Crippen LogP contribution >= 0.6 is 0 Å². The van der Waals surface area contributed by atoms with Gasteiger partial charge in [-0.15, -0.1) is 0 Å². The third-order valence-corrected chi connectivity index (χ3v) is 4.95. The maximum Gasteiger partial charge on any atom is 0.433 e. The molecule has 138 valence electrons. The Bertz CT molecular complexity index is 856. The standard InChI is InChI=1S/C18H19F3N4O/c19-18(20,21)16-4-3-13(7-22-16)9-25-11-23-15-5-6-24(8-12-1-2-12)10-14(15)17(25)26/h3-4,7,11-12H,1-2,5-6,8-10H2. The predicted octanol–water partition coefficient (Wildman–Crippen LogP) is 2.47. The highest BCUT2D eigenvalue weighted by atomic mass is 19.4. The van der Waals surface area contributed by atoms with Crippen LogP contribution < -0.4 is 5.56 Å². The van der Waals surface area contributed by atoms with Crippen LogP contribution in [0.25, 0.3) is 0 Å². The minimum Gasteiger partial charge on any atom is -0.298 e. The minimum absolute atomic E-state index is 0.115. The highest BCUT2D eigenvalue weighted by molar-refractivity contribution is 5.21. The van der Waals surface area contributed by atoms with Gasteiger partial charge in [-0.25, -0.2) is 4.98 Å². The fraction of sp³-hybridized carbons (Fsp3) is 0.500. The summed E-state index contributed by atoms with van der Waals surface area (Å²) in [5, 5.41) is 0. The number of aromatic nitrogens is 3. The summed E-state index contributed by atoms with van der Waals surface area (Å²) in [5.74, 6) is 0.758. The van der Waals surface area contributed by atoms with E-state index in [1.165, 1.54) is 29.8 Å². The molecule has 0 aromatic carbocycles. The van der Waals surface area contributed by atoms with E-state index in [0.717, 1.165) is 43.4 Å². The first kappa shape index (κ1) is 17.2. The van der Waals surface area contributed by atoms with E-state index in [1.807, 2.05) is 0 Å². The zero-order chi connectivity index (χ0) is 18.3. The molecule has 0 unspecified atom stereocenters. The second kappa shape index (κ2) is 6.50. The van der Waals surface area contributed by atoms with Crippen LogP contribution in [0.3, 0.4) is 0 Å². The SMILES string of the molecule is O=c1c2c(ncn1Cc1ccc(C(F)(F)F)nc1)CCN(CC1CC1)C2. The number of nitrogens with zero attached hydrogens (tertiary/aromatic N) is 4. The molecule has 1 fully saturated rings. The van der Waals surface area contributed by atoms with Gasteiger partial charge in [0.15, 0.2) is 0 Å². The van der Waals surface area contributed by atoms with Gasteiger partial charge in [0.05, 0.1) is 24.1 Å². The van der Waals surface area contributed by atoms with Gasteiger partial charge >= 0.3 is 6.18 Å². The summed E-state index contributed by atoms with van der Waals surface area (Å²) < 4.78 is 39.2. The third-order valence-electron chi connectivity index (χ3n) is 4.95. The number of rotatable bonds is 4. The molecule has 4 rings (SSSR count). The molecule has 1 saturated carbocycles. The van der Waals surface area contributed by atoms with Gasteiger partial charge in [-0.2, -0.15) is 13.2 Å². The van der Waals surface area contributed by atoms with Crippen LogP contribution in [0.4, 0.5) is 13.2 Å². The maximum absolute atomic E-state index is 12.8. The molecule has 3 heterocycles. The summed E-state index contributed by atoms with van der Waals surface area (Å²) in [6.45, 7) is 2.70. The van der Waals surface area contributed by atoms with Crippen molar-refractivity contribution in [3.05, 3.63) is 57.5 Å². The van der Waals surface area contributed by atoms with Gasteiger partial charge in [0.1, 0.15) is 5.69 Å². The smallest absolute Gasteiger partial charge is 0.298 e. The van der Waals surface area contributed by atoms with Crippen molar-refractivity contribution in [3.8, 4) is 0 Å². The molecule has 2 aromatic heterocycles. The molecule has 0 N–H and O–H groups in total. The maximum atomic E-state index is 12.8. The molecule has 0 spiro atoms. The number of alkyl halides is 3. The van der Waals surface area contributed by atoms with Crippen LogP contribution in [-0.4, -0.2) is 32.5 Å². The Hall–Kier alpha value is -2.22. The van der Waals surface area contributed by atoms with Crippen molar-refractivity contribution in [2.45, 2.75) is 38.5 Å².